The first-order chi connectivity index (χ1) is 12.8. The molecule has 0 aliphatic carbocycles. The van der Waals surface area contributed by atoms with E-state index in [1.54, 1.807) is 0 Å². The van der Waals surface area contributed by atoms with Crippen LogP contribution in [0.2, 0.25) is 0 Å². The lowest BCUT2D eigenvalue weighted by atomic mass is 10.1. The van der Waals surface area contributed by atoms with Gasteiger partial charge in [0.25, 0.3) is 0 Å². The minimum Gasteiger partial charge on any atom is -0.354 e. The highest BCUT2D eigenvalue weighted by Gasteiger charge is 2.19. The first kappa shape index (κ1) is 22.2. The summed E-state index contributed by atoms with van der Waals surface area (Å²) >= 11 is 0. The molecule has 0 radical (unpaired) electrons. The fourth-order valence-corrected chi connectivity index (χ4v) is 3.55. The summed E-state index contributed by atoms with van der Waals surface area (Å²) in [5, 5.41) is 2.50. The number of rotatable bonds is 4. The molecule has 0 saturated carbocycles. The second-order valence-corrected chi connectivity index (χ2v) is 6.76. The number of piperazine rings is 1. The van der Waals surface area contributed by atoms with E-state index in [0.717, 1.165) is 44.2 Å². The van der Waals surface area contributed by atoms with Crippen LogP contribution < -0.4 is 4.90 Å². The average Bonchev–Trinajstić information content (AvgIpc) is 2.72. The van der Waals surface area contributed by atoms with Crippen LogP contribution in [0.3, 0.4) is 0 Å². The molecule has 0 unspecified atom stereocenters. The molecular formula is C23H27Cl2N3. The second-order valence-electron chi connectivity index (χ2n) is 6.76. The number of likely N-dealkylation sites (N-methyl/N-ethyl adjacent to an activating group) is 1. The van der Waals surface area contributed by atoms with E-state index in [2.05, 4.69) is 83.5 Å². The van der Waals surface area contributed by atoms with Gasteiger partial charge in [-0.25, -0.2) is 4.98 Å². The zero-order chi connectivity index (χ0) is 17.8. The van der Waals surface area contributed by atoms with Crippen LogP contribution in [-0.4, -0.2) is 42.6 Å². The van der Waals surface area contributed by atoms with Crippen molar-refractivity contribution in [2.75, 3.05) is 37.6 Å². The largest absolute Gasteiger partial charge is 0.354 e. The van der Waals surface area contributed by atoms with Crippen molar-refractivity contribution in [3.8, 4) is 0 Å². The monoisotopic (exact) mass is 415 g/mol. The van der Waals surface area contributed by atoms with Crippen LogP contribution in [-0.2, 0) is 0 Å². The minimum atomic E-state index is 0. The van der Waals surface area contributed by atoms with E-state index in [1.807, 2.05) is 6.07 Å². The maximum absolute atomic E-state index is 5.01. The van der Waals surface area contributed by atoms with Gasteiger partial charge in [0.2, 0.25) is 0 Å². The van der Waals surface area contributed by atoms with Crippen LogP contribution in [0.4, 0.5) is 5.82 Å². The van der Waals surface area contributed by atoms with Crippen molar-refractivity contribution in [3.05, 3.63) is 71.9 Å². The van der Waals surface area contributed by atoms with E-state index in [1.165, 1.54) is 16.3 Å². The van der Waals surface area contributed by atoms with Crippen molar-refractivity contribution in [3.63, 3.8) is 0 Å². The minimum absolute atomic E-state index is 0. The van der Waals surface area contributed by atoms with Gasteiger partial charge in [-0.3, -0.25) is 0 Å². The Morgan fingerprint density at radius 2 is 1.54 bits per heavy atom. The van der Waals surface area contributed by atoms with Gasteiger partial charge in [0, 0.05) is 31.6 Å². The molecule has 28 heavy (non-hydrogen) atoms. The number of benzene rings is 2. The third-order valence-corrected chi connectivity index (χ3v) is 5.11. The Morgan fingerprint density at radius 1 is 0.857 bits per heavy atom. The zero-order valence-corrected chi connectivity index (χ0v) is 17.8. The van der Waals surface area contributed by atoms with Gasteiger partial charge in [-0.2, -0.15) is 0 Å². The Balaban J connectivity index is 0.00000140. The summed E-state index contributed by atoms with van der Waals surface area (Å²) in [5.74, 6) is 1.12. The predicted molar refractivity (Wildman–Crippen MR) is 126 cm³/mol. The Hall–Kier alpha value is -2.07. The molecule has 0 atom stereocenters. The number of anilines is 1. The van der Waals surface area contributed by atoms with Gasteiger partial charge in [0.1, 0.15) is 5.82 Å². The SMILES string of the molecule is CCN1CCN(c2nc(C=Cc3ccccc3)cc3ccccc23)CC1.Cl.Cl. The normalized spacial score (nSPS) is 14.7. The summed E-state index contributed by atoms with van der Waals surface area (Å²) in [4.78, 5) is 9.95. The van der Waals surface area contributed by atoms with Crippen LogP contribution >= 0.6 is 24.8 Å². The zero-order valence-electron chi connectivity index (χ0n) is 16.1. The summed E-state index contributed by atoms with van der Waals surface area (Å²) < 4.78 is 0. The second kappa shape index (κ2) is 10.5. The quantitative estimate of drug-likeness (QED) is 0.569. The van der Waals surface area contributed by atoms with E-state index >= 15 is 0 Å². The summed E-state index contributed by atoms with van der Waals surface area (Å²) in [6.07, 6.45) is 4.25. The standard InChI is InChI=1S/C23H25N3.2ClH/c1-2-25-14-16-26(17-15-25)23-22-11-7-6-10-20(22)18-21(24-23)13-12-19-8-4-3-5-9-19;;/h3-13,18H,2,14-17H2,1H3;2*1H. The van der Waals surface area contributed by atoms with Crippen LogP contribution in [0, 0.1) is 0 Å². The maximum Gasteiger partial charge on any atom is 0.137 e. The molecule has 4 rings (SSSR count). The predicted octanol–water partition coefficient (Wildman–Crippen LogP) is 5.39. The molecule has 1 fully saturated rings. The molecule has 1 saturated heterocycles. The molecule has 0 N–H and O–H groups in total. The number of hydrogen-bond acceptors (Lipinski definition) is 3. The molecule has 0 bridgehead atoms. The van der Waals surface area contributed by atoms with Crippen LogP contribution in [0.25, 0.3) is 22.9 Å². The highest BCUT2D eigenvalue weighted by Crippen LogP contribution is 2.27. The summed E-state index contributed by atoms with van der Waals surface area (Å²) in [6, 6.07) is 21.2. The van der Waals surface area contributed by atoms with Gasteiger partial charge in [-0.15, -0.1) is 24.8 Å². The molecule has 0 spiro atoms. The maximum atomic E-state index is 5.01. The lowest BCUT2D eigenvalue weighted by Crippen LogP contribution is -2.46. The van der Waals surface area contributed by atoms with Crippen molar-refractivity contribution in [1.29, 1.82) is 0 Å². The van der Waals surface area contributed by atoms with Crippen molar-refractivity contribution in [1.82, 2.24) is 9.88 Å². The smallest absolute Gasteiger partial charge is 0.137 e. The van der Waals surface area contributed by atoms with Crippen LogP contribution in [0.15, 0.2) is 60.7 Å². The fraction of sp³-hybridized carbons (Fsp3) is 0.261. The summed E-state index contributed by atoms with van der Waals surface area (Å²) in [6.45, 7) is 7.65. The van der Waals surface area contributed by atoms with Crippen molar-refractivity contribution >= 4 is 53.6 Å². The molecule has 1 aliphatic heterocycles. The van der Waals surface area contributed by atoms with Gasteiger partial charge in [-0.05, 0) is 29.6 Å². The van der Waals surface area contributed by atoms with Crippen molar-refractivity contribution in [2.45, 2.75) is 6.92 Å². The number of pyridine rings is 1. The van der Waals surface area contributed by atoms with Gasteiger partial charge >= 0.3 is 0 Å². The molecule has 5 heteroatoms. The number of hydrogen-bond donors (Lipinski definition) is 0. The van der Waals surface area contributed by atoms with E-state index in [0.29, 0.717) is 0 Å². The number of fused-ring (bicyclic) bond motifs is 1. The highest BCUT2D eigenvalue weighted by molar-refractivity contribution is 5.94. The van der Waals surface area contributed by atoms with Gasteiger partial charge in [0.05, 0.1) is 5.69 Å². The molecular weight excluding hydrogens is 389 g/mol. The lowest BCUT2D eigenvalue weighted by Gasteiger charge is -2.35. The Morgan fingerprint density at radius 3 is 2.25 bits per heavy atom. The Bertz CT molecular complexity index is 904. The van der Waals surface area contributed by atoms with Crippen LogP contribution in [0.1, 0.15) is 18.2 Å². The van der Waals surface area contributed by atoms with Gasteiger partial charge in [0.15, 0.2) is 0 Å². The average molecular weight is 416 g/mol. The third-order valence-electron chi connectivity index (χ3n) is 5.11. The molecule has 148 valence electrons. The molecule has 2 heterocycles. The molecule has 0 amide bonds. The molecule has 3 aromatic rings. The summed E-state index contributed by atoms with van der Waals surface area (Å²) in [7, 11) is 0. The summed E-state index contributed by atoms with van der Waals surface area (Å²) in [5.41, 5.74) is 2.21. The lowest BCUT2D eigenvalue weighted by molar-refractivity contribution is 0.271. The van der Waals surface area contributed by atoms with Gasteiger partial charge < -0.3 is 9.80 Å². The molecule has 2 aromatic carbocycles. The third kappa shape index (κ3) is 5.05. The molecule has 1 aromatic heterocycles. The van der Waals surface area contributed by atoms with Crippen LogP contribution in [0.5, 0.6) is 0 Å². The number of nitrogens with zero attached hydrogens (tertiary/aromatic N) is 3. The number of aromatic nitrogens is 1. The van der Waals surface area contributed by atoms with E-state index in [9.17, 15) is 0 Å². The van der Waals surface area contributed by atoms with E-state index in [4.69, 9.17) is 4.98 Å². The molecule has 1 aliphatic rings. The fourth-order valence-electron chi connectivity index (χ4n) is 3.55. The van der Waals surface area contributed by atoms with Crippen molar-refractivity contribution < 1.29 is 0 Å². The molecule has 3 nitrogen and oxygen atoms in total. The van der Waals surface area contributed by atoms with E-state index < -0.39 is 0 Å². The Kier molecular flexibility index (Phi) is 8.31. The first-order valence-electron chi connectivity index (χ1n) is 9.44. The first-order valence-corrected chi connectivity index (χ1v) is 9.44. The highest BCUT2D eigenvalue weighted by atomic mass is 35.5. The topological polar surface area (TPSA) is 19.4 Å². The number of halogens is 2. The van der Waals surface area contributed by atoms with E-state index in [-0.39, 0.29) is 24.8 Å². The van der Waals surface area contributed by atoms with Gasteiger partial charge in [-0.1, -0.05) is 67.6 Å². The Labute approximate surface area is 179 Å². The van der Waals surface area contributed by atoms with Crippen molar-refractivity contribution in [2.24, 2.45) is 0 Å².